The Hall–Kier alpha value is -2.62. The molecule has 0 N–H and O–H groups in total. The Morgan fingerprint density at radius 1 is 1.14 bits per heavy atom. The summed E-state index contributed by atoms with van der Waals surface area (Å²) in [6.07, 6.45) is 0.318. The van der Waals surface area contributed by atoms with E-state index in [2.05, 4.69) is 4.74 Å². The third-order valence-electron chi connectivity index (χ3n) is 3.60. The Balaban J connectivity index is 1.86. The molecule has 21 heavy (non-hydrogen) atoms. The number of methoxy groups -OCH3 is 1. The molecular formula is C17H14O4. The summed E-state index contributed by atoms with van der Waals surface area (Å²) >= 11 is 0. The molecule has 1 heterocycles. The molecule has 0 fully saturated rings. The first kappa shape index (κ1) is 13.4. The van der Waals surface area contributed by atoms with Crippen LogP contribution in [0.15, 0.2) is 48.5 Å². The lowest BCUT2D eigenvalue weighted by molar-refractivity contribution is 0.0252. The van der Waals surface area contributed by atoms with E-state index >= 15 is 0 Å². The van der Waals surface area contributed by atoms with E-state index in [0.29, 0.717) is 17.5 Å². The van der Waals surface area contributed by atoms with Gasteiger partial charge in [0.1, 0.15) is 6.10 Å². The van der Waals surface area contributed by atoms with E-state index in [1.165, 1.54) is 7.11 Å². The number of esters is 2. The number of rotatable bonds is 2. The number of carbonyl (C=O) groups excluding carboxylic acids is 2. The Morgan fingerprint density at radius 2 is 1.86 bits per heavy atom. The van der Waals surface area contributed by atoms with Crippen LogP contribution in [0, 0.1) is 0 Å². The quantitative estimate of drug-likeness (QED) is 0.795. The summed E-state index contributed by atoms with van der Waals surface area (Å²) in [4.78, 5) is 23.4. The van der Waals surface area contributed by atoms with Gasteiger partial charge in [-0.25, -0.2) is 9.59 Å². The van der Waals surface area contributed by atoms with Gasteiger partial charge in [-0.15, -0.1) is 0 Å². The van der Waals surface area contributed by atoms with Crippen molar-refractivity contribution in [3.8, 4) is 0 Å². The average molecular weight is 282 g/mol. The lowest BCUT2D eigenvalue weighted by Crippen LogP contribution is -2.21. The minimum absolute atomic E-state index is 0.307. The van der Waals surface area contributed by atoms with Crippen LogP contribution in [0.4, 0.5) is 0 Å². The van der Waals surface area contributed by atoms with Crippen molar-refractivity contribution in [2.75, 3.05) is 7.11 Å². The van der Waals surface area contributed by atoms with Gasteiger partial charge in [0.15, 0.2) is 0 Å². The van der Waals surface area contributed by atoms with E-state index < -0.39 is 0 Å². The van der Waals surface area contributed by atoms with E-state index in [-0.39, 0.29) is 18.0 Å². The molecule has 2 aromatic carbocycles. The molecule has 1 aliphatic rings. The van der Waals surface area contributed by atoms with Crippen LogP contribution in [0.1, 0.15) is 37.9 Å². The van der Waals surface area contributed by atoms with Crippen molar-refractivity contribution >= 4 is 11.9 Å². The van der Waals surface area contributed by atoms with Crippen LogP contribution in [-0.4, -0.2) is 19.0 Å². The predicted octanol–water partition coefficient (Wildman–Crippen LogP) is 2.93. The molecular weight excluding hydrogens is 268 g/mol. The van der Waals surface area contributed by atoms with Crippen molar-refractivity contribution in [3.05, 3.63) is 70.8 Å². The highest BCUT2D eigenvalue weighted by molar-refractivity contribution is 5.92. The zero-order valence-corrected chi connectivity index (χ0v) is 11.5. The van der Waals surface area contributed by atoms with Gasteiger partial charge in [0.2, 0.25) is 0 Å². The molecule has 0 radical (unpaired) electrons. The van der Waals surface area contributed by atoms with Crippen LogP contribution >= 0.6 is 0 Å². The predicted molar refractivity (Wildman–Crippen MR) is 76.1 cm³/mol. The fraction of sp³-hybridized carbons (Fsp3) is 0.176. The monoisotopic (exact) mass is 282 g/mol. The normalized spacial score (nSPS) is 16.8. The number of hydrogen-bond donors (Lipinski definition) is 0. The zero-order chi connectivity index (χ0) is 14.8. The molecule has 0 saturated heterocycles. The molecule has 0 bridgehead atoms. The second-order valence-electron chi connectivity index (χ2n) is 4.87. The number of hydrogen-bond acceptors (Lipinski definition) is 4. The average Bonchev–Trinajstić information content (AvgIpc) is 2.54. The molecule has 3 rings (SSSR count). The highest BCUT2D eigenvalue weighted by atomic mass is 16.5. The van der Waals surface area contributed by atoms with Crippen LogP contribution < -0.4 is 0 Å². The highest BCUT2D eigenvalue weighted by Crippen LogP contribution is 2.30. The molecule has 0 spiro atoms. The number of fused-ring (bicyclic) bond motifs is 1. The molecule has 0 aliphatic carbocycles. The van der Waals surface area contributed by atoms with E-state index in [9.17, 15) is 9.59 Å². The largest absolute Gasteiger partial charge is 0.465 e. The Morgan fingerprint density at radius 3 is 2.57 bits per heavy atom. The van der Waals surface area contributed by atoms with Crippen molar-refractivity contribution in [1.82, 2.24) is 0 Å². The third kappa shape index (κ3) is 2.52. The maximum Gasteiger partial charge on any atom is 0.339 e. The van der Waals surface area contributed by atoms with Gasteiger partial charge in [0.25, 0.3) is 0 Å². The first-order valence-corrected chi connectivity index (χ1v) is 6.66. The number of ether oxygens (including phenoxy) is 2. The molecule has 0 amide bonds. The maximum absolute atomic E-state index is 12.0. The van der Waals surface area contributed by atoms with Gasteiger partial charge < -0.3 is 9.47 Å². The van der Waals surface area contributed by atoms with Gasteiger partial charge in [-0.1, -0.05) is 30.3 Å². The number of carbonyl (C=O) groups is 2. The molecule has 4 nitrogen and oxygen atoms in total. The van der Waals surface area contributed by atoms with E-state index in [0.717, 1.165) is 11.1 Å². The van der Waals surface area contributed by atoms with Crippen molar-refractivity contribution < 1.29 is 19.1 Å². The third-order valence-corrected chi connectivity index (χ3v) is 3.60. The van der Waals surface area contributed by atoms with Gasteiger partial charge in [-0.05, 0) is 29.3 Å². The highest BCUT2D eigenvalue weighted by Gasteiger charge is 2.27. The van der Waals surface area contributed by atoms with Crippen molar-refractivity contribution in [2.24, 2.45) is 0 Å². The fourth-order valence-electron chi connectivity index (χ4n) is 2.47. The molecule has 106 valence electrons. The summed E-state index contributed by atoms with van der Waals surface area (Å²) in [5.74, 6) is -0.688. The van der Waals surface area contributed by atoms with Gasteiger partial charge in [0, 0.05) is 6.42 Å². The fourth-order valence-corrected chi connectivity index (χ4v) is 2.47. The first-order chi connectivity index (χ1) is 10.2. The van der Waals surface area contributed by atoms with E-state index in [4.69, 9.17) is 4.74 Å². The Kier molecular flexibility index (Phi) is 3.44. The van der Waals surface area contributed by atoms with Crippen molar-refractivity contribution in [2.45, 2.75) is 12.5 Å². The minimum atomic E-state index is -0.382. The summed E-state index contributed by atoms with van der Waals surface area (Å²) in [5, 5.41) is 0. The van der Waals surface area contributed by atoms with E-state index in [1.807, 2.05) is 18.2 Å². The molecule has 0 aromatic heterocycles. The van der Waals surface area contributed by atoms with Crippen molar-refractivity contribution in [1.29, 1.82) is 0 Å². The Bertz CT molecular complexity index is 688. The lowest BCUT2D eigenvalue weighted by Gasteiger charge is -2.25. The molecule has 0 saturated carbocycles. The van der Waals surface area contributed by atoms with Crippen LogP contribution in [-0.2, 0) is 15.9 Å². The van der Waals surface area contributed by atoms with Gasteiger partial charge in [0.05, 0.1) is 18.2 Å². The SMILES string of the molecule is COC(=O)c1ccc(C2Cc3ccccc3C(=O)O2)cc1. The number of cyclic esters (lactones) is 1. The second-order valence-corrected chi connectivity index (χ2v) is 4.87. The van der Waals surface area contributed by atoms with Gasteiger partial charge >= 0.3 is 11.9 Å². The summed E-state index contributed by atoms with van der Waals surface area (Å²) in [5.41, 5.74) is 2.95. The maximum atomic E-state index is 12.0. The van der Waals surface area contributed by atoms with Gasteiger partial charge in [-0.3, -0.25) is 0 Å². The van der Waals surface area contributed by atoms with E-state index in [1.54, 1.807) is 30.3 Å². The summed E-state index contributed by atoms with van der Waals surface area (Å²) in [6, 6.07) is 14.4. The second kappa shape index (κ2) is 5.40. The molecule has 4 heteroatoms. The summed E-state index contributed by atoms with van der Waals surface area (Å²) in [7, 11) is 1.34. The van der Waals surface area contributed by atoms with Crippen LogP contribution in [0.5, 0.6) is 0 Å². The summed E-state index contributed by atoms with van der Waals surface area (Å²) < 4.78 is 10.1. The topological polar surface area (TPSA) is 52.6 Å². The first-order valence-electron chi connectivity index (χ1n) is 6.66. The zero-order valence-electron chi connectivity index (χ0n) is 11.5. The smallest absolute Gasteiger partial charge is 0.339 e. The van der Waals surface area contributed by atoms with Crippen LogP contribution in [0.2, 0.25) is 0 Å². The standard InChI is InChI=1S/C17H14O4/c1-20-16(18)12-8-6-11(7-9-12)15-10-13-4-2-3-5-14(13)17(19)21-15/h2-9,15H,10H2,1H3. The lowest BCUT2D eigenvalue weighted by atomic mass is 9.94. The molecule has 1 aliphatic heterocycles. The Labute approximate surface area is 122 Å². The molecule has 2 aromatic rings. The molecule has 1 unspecified atom stereocenters. The van der Waals surface area contributed by atoms with Crippen molar-refractivity contribution in [3.63, 3.8) is 0 Å². The van der Waals surface area contributed by atoms with Crippen LogP contribution in [0.3, 0.4) is 0 Å². The molecule has 1 atom stereocenters. The van der Waals surface area contributed by atoms with Gasteiger partial charge in [-0.2, -0.15) is 0 Å². The van der Waals surface area contributed by atoms with Crippen LogP contribution in [0.25, 0.3) is 0 Å². The number of benzene rings is 2. The minimum Gasteiger partial charge on any atom is -0.465 e. The summed E-state index contributed by atoms with van der Waals surface area (Å²) in [6.45, 7) is 0.